The van der Waals surface area contributed by atoms with Crippen LogP contribution < -0.4 is 15.0 Å². The number of ether oxygens (including phenoxy) is 1. The molecule has 0 spiro atoms. The highest BCUT2D eigenvalue weighted by Gasteiger charge is 2.42. The molecule has 2 atom stereocenters. The number of hydrogen-bond acceptors (Lipinski definition) is 5. The van der Waals surface area contributed by atoms with Gasteiger partial charge in [-0.3, -0.25) is 4.98 Å². The van der Waals surface area contributed by atoms with Crippen molar-refractivity contribution in [1.29, 1.82) is 0 Å². The Balaban J connectivity index is 1.54. The van der Waals surface area contributed by atoms with E-state index in [1.165, 1.54) is 0 Å². The van der Waals surface area contributed by atoms with Gasteiger partial charge >= 0.3 is 0 Å². The van der Waals surface area contributed by atoms with Crippen molar-refractivity contribution in [1.82, 2.24) is 10.3 Å². The lowest BCUT2D eigenvalue weighted by Crippen LogP contribution is -2.29. The highest BCUT2D eigenvalue weighted by molar-refractivity contribution is 7.80. The number of thiocarbonyl (C=S) groups is 1. The van der Waals surface area contributed by atoms with E-state index in [1.807, 2.05) is 78.6 Å². The summed E-state index contributed by atoms with van der Waals surface area (Å²) in [5.41, 5.74) is 2.68. The number of nitrogens with one attached hydrogen (secondary N) is 1. The molecule has 1 aliphatic rings. The molecule has 2 aromatic heterocycles. The summed E-state index contributed by atoms with van der Waals surface area (Å²) in [5.74, 6) is 2.55. The molecule has 0 amide bonds. The van der Waals surface area contributed by atoms with E-state index < -0.39 is 0 Å². The maximum Gasteiger partial charge on any atom is 0.174 e. The number of pyridine rings is 1. The van der Waals surface area contributed by atoms with Crippen molar-refractivity contribution in [3.63, 3.8) is 0 Å². The van der Waals surface area contributed by atoms with E-state index in [2.05, 4.69) is 10.3 Å². The standard InChI is InChI=1S/C26H23N3O3S/c1-2-31-20-12-6-17(7-13-20)22-14-15-23(32-22)25-24(21-5-3-4-16-27-21)28-26(33)29(25)18-8-10-19(30)11-9-18/h3-16,24-25,30H,2H2,1H3,(H,28,33)/t24-,25+/m1/s1. The number of aromatic nitrogens is 1. The molecule has 1 aliphatic heterocycles. The van der Waals surface area contributed by atoms with Gasteiger partial charge in [0.25, 0.3) is 0 Å². The van der Waals surface area contributed by atoms with Crippen LogP contribution in [0, 0.1) is 0 Å². The van der Waals surface area contributed by atoms with E-state index in [0.29, 0.717) is 11.7 Å². The lowest BCUT2D eigenvalue weighted by molar-refractivity contribution is 0.340. The summed E-state index contributed by atoms with van der Waals surface area (Å²) in [6, 6.07) is 24.1. The van der Waals surface area contributed by atoms with Crippen LogP contribution in [0.1, 0.15) is 30.5 Å². The van der Waals surface area contributed by atoms with E-state index in [1.54, 1.807) is 18.3 Å². The molecule has 166 valence electrons. The molecular formula is C26H23N3O3S. The molecule has 1 fully saturated rings. The summed E-state index contributed by atoms with van der Waals surface area (Å²) < 4.78 is 11.9. The summed E-state index contributed by atoms with van der Waals surface area (Å²) in [5, 5.41) is 13.7. The zero-order chi connectivity index (χ0) is 22.8. The van der Waals surface area contributed by atoms with Gasteiger partial charge in [0, 0.05) is 17.4 Å². The molecule has 1 saturated heterocycles. The first-order valence-corrected chi connectivity index (χ1v) is 11.2. The number of aromatic hydroxyl groups is 1. The molecule has 0 radical (unpaired) electrons. The van der Waals surface area contributed by atoms with E-state index in [0.717, 1.165) is 34.2 Å². The lowest BCUT2D eigenvalue weighted by atomic mass is 10.0. The molecule has 3 heterocycles. The Bertz CT molecular complexity index is 1240. The number of benzene rings is 2. The first-order chi connectivity index (χ1) is 16.1. The number of hydrogen-bond donors (Lipinski definition) is 2. The average Bonchev–Trinajstić information content (AvgIpc) is 3.46. The fraction of sp³-hybridized carbons (Fsp3) is 0.154. The second kappa shape index (κ2) is 8.96. The van der Waals surface area contributed by atoms with E-state index >= 15 is 0 Å². The van der Waals surface area contributed by atoms with E-state index in [-0.39, 0.29) is 17.8 Å². The number of phenolic OH excluding ortho intramolecular Hbond substituents is 1. The van der Waals surface area contributed by atoms with Gasteiger partial charge in [0.2, 0.25) is 0 Å². The van der Waals surface area contributed by atoms with Gasteiger partial charge in [-0.1, -0.05) is 6.07 Å². The van der Waals surface area contributed by atoms with Crippen molar-refractivity contribution in [3.8, 4) is 22.8 Å². The molecule has 0 aliphatic carbocycles. The minimum Gasteiger partial charge on any atom is -0.508 e. The smallest absolute Gasteiger partial charge is 0.174 e. The molecule has 2 aromatic carbocycles. The Hall–Kier alpha value is -3.84. The molecule has 0 bridgehead atoms. The normalized spacial score (nSPS) is 17.7. The van der Waals surface area contributed by atoms with Gasteiger partial charge < -0.3 is 24.5 Å². The largest absolute Gasteiger partial charge is 0.508 e. The first kappa shape index (κ1) is 21.0. The molecule has 7 heteroatoms. The molecule has 33 heavy (non-hydrogen) atoms. The first-order valence-electron chi connectivity index (χ1n) is 10.8. The third-order valence-electron chi connectivity index (χ3n) is 5.59. The quantitative estimate of drug-likeness (QED) is 0.364. The molecule has 2 N–H and O–H groups in total. The van der Waals surface area contributed by atoms with Gasteiger partial charge in [0.1, 0.15) is 29.1 Å². The van der Waals surface area contributed by atoms with Crippen molar-refractivity contribution < 1.29 is 14.3 Å². The van der Waals surface area contributed by atoms with Crippen LogP contribution >= 0.6 is 12.2 Å². The number of rotatable bonds is 6. The van der Waals surface area contributed by atoms with Gasteiger partial charge in [-0.2, -0.15) is 0 Å². The van der Waals surface area contributed by atoms with Crippen LogP contribution in [0.25, 0.3) is 11.3 Å². The number of phenols is 1. The number of anilines is 1. The Labute approximate surface area is 197 Å². The van der Waals surface area contributed by atoms with E-state index in [4.69, 9.17) is 21.4 Å². The second-order valence-electron chi connectivity index (χ2n) is 7.67. The Morgan fingerprint density at radius 2 is 1.82 bits per heavy atom. The fourth-order valence-corrected chi connectivity index (χ4v) is 4.43. The number of nitrogens with zero attached hydrogens (tertiary/aromatic N) is 2. The number of furan rings is 1. The lowest BCUT2D eigenvalue weighted by Gasteiger charge is -2.26. The minimum absolute atomic E-state index is 0.199. The van der Waals surface area contributed by atoms with Crippen LogP contribution in [-0.2, 0) is 0 Å². The van der Waals surface area contributed by atoms with Gasteiger partial charge in [0.15, 0.2) is 5.11 Å². The molecule has 4 aromatic rings. The van der Waals surface area contributed by atoms with Crippen molar-refractivity contribution in [2.45, 2.75) is 19.0 Å². The van der Waals surface area contributed by atoms with Crippen molar-refractivity contribution in [2.75, 3.05) is 11.5 Å². The fourth-order valence-electron chi connectivity index (χ4n) is 4.08. The summed E-state index contributed by atoms with van der Waals surface area (Å²) in [6.07, 6.45) is 1.77. The van der Waals surface area contributed by atoms with Crippen LogP contribution in [0.3, 0.4) is 0 Å². The average molecular weight is 458 g/mol. The van der Waals surface area contributed by atoms with Crippen molar-refractivity contribution in [2.24, 2.45) is 0 Å². The van der Waals surface area contributed by atoms with Gasteiger partial charge in [0.05, 0.1) is 18.3 Å². The highest BCUT2D eigenvalue weighted by Crippen LogP contribution is 2.43. The topological polar surface area (TPSA) is 70.8 Å². The zero-order valence-electron chi connectivity index (χ0n) is 18.0. The predicted molar refractivity (Wildman–Crippen MR) is 131 cm³/mol. The SMILES string of the molecule is CCOc1ccc(-c2ccc([C@H]3[C@@H](c4ccccn4)NC(=S)N3c3ccc(O)cc3)o2)cc1. The van der Waals surface area contributed by atoms with Crippen LogP contribution in [0.15, 0.2) is 89.5 Å². The molecule has 5 rings (SSSR count). The summed E-state index contributed by atoms with van der Waals surface area (Å²) >= 11 is 5.72. The van der Waals surface area contributed by atoms with Gasteiger partial charge in [-0.05, 0) is 91.9 Å². The van der Waals surface area contributed by atoms with Gasteiger partial charge in [-0.25, -0.2) is 0 Å². The zero-order valence-corrected chi connectivity index (χ0v) is 18.8. The third-order valence-corrected chi connectivity index (χ3v) is 5.91. The predicted octanol–water partition coefficient (Wildman–Crippen LogP) is 5.62. The molecule has 0 saturated carbocycles. The van der Waals surface area contributed by atoms with Crippen molar-refractivity contribution in [3.05, 3.63) is 96.5 Å². The maximum atomic E-state index is 9.76. The minimum atomic E-state index is -0.256. The van der Waals surface area contributed by atoms with Crippen LogP contribution in [0.5, 0.6) is 11.5 Å². The second-order valence-corrected chi connectivity index (χ2v) is 8.06. The summed E-state index contributed by atoms with van der Waals surface area (Å²) in [6.45, 7) is 2.59. The Morgan fingerprint density at radius 1 is 1.03 bits per heavy atom. The highest BCUT2D eigenvalue weighted by atomic mass is 32.1. The van der Waals surface area contributed by atoms with Crippen LogP contribution in [-0.4, -0.2) is 21.8 Å². The van der Waals surface area contributed by atoms with Crippen LogP contribution in [0.2, 0.25) is 0 Å². The third kappa shape index (κ3) is 4.15. The monoisotopic (exact) mass is 457 g/mol. The summed E-state index contributed by atoms with van der Waals surface area (Å²) in [7, 11) is 0. The van der Waals surface area contributed by atoms with Gasteiger partial charge in [-0.15, -0.1) is 0 Å². The molecular weight excluding hydrogens is 434 g/mol. The summed E-state index contributed by atoms with van der Waals surface area (Å²) in [4.78, 5) is 6.57. The van der Waals surface area contributed by atoms with Crippen LogP contribution in [0.4, 0.5) is 5.69 Å². The Morgan fingerprint density at radius 3 is 2.52 bits per heavy atom. The Kier molecular flexibility index (Phi) is 5.71. The van der Waals surface area contributed by atoms with E-state index in [9.17, 15) is 5.11 Å². The molecule has 6 nitrogen and oxygen atoms in total. The maximum absolute atomic E-state index is 9.76. The molecule has 0 unspecified atom stereocenters. The van der Waals surface area contributed by atoms with Crippen molar-refractivity contribution >= 4 is 23.0 Å².